The quantitative estimate of drug-likeness (QED) is 0.807. The van der Waals surface area contributed by atoms with Crippen LogP contribution in [0, 0.1) is 0 Å². The predicted octanol–water partition coefficient (Wildman–Crippen LogP) is 4.37. The molecule has 3 nitrogen and oxygen atoms in total. The molecule has 25 heavy (non-hydrogen) atoms. The topological polar surface area (TPSA) is 41.8 Å². The lowest BCUT2D eigenvalue weighted by Crippen LogP contribution is -2.71. The highest BCUT2D eigenvalue weighted by Gasteiger charge is 2.76. The molecule has 0 unspecified atom stereocenters. The molecule has 7 rings (SSSR count). The molecule has 0 saturated heterocycles. The molecule has 0 N–H and O–H groups in total. The van der Waals surface area contributed by atoms with Crippen LogP contribution in [0.2, 0.25) is 0 Å². The lowest BCUT2D eigenvalue weighted by atomic mass is 9.37. The number of azo groups is 1. The Morgan fingerprint density at radius 2 is 1.00 bits per heavy atom. The molecule has 4 fully saturated rings. The van der Waals surface area contributed by atoms with Gasteiger partial charge in [0.1, 0.15) is 0 Å². The third kappa shape index (κ3) is 1.51. The van der Waals surface area contributed by atoms with Crippen LogP contribution in [0.4, 0.5) is 0 Å². The van der Waals surface area contributed by atoms with Crippen molar-refractivity contribution in [1.29, 1.82) is 0 Å². The molecule has 2 aromatic rings. The van der Waals surface area contributed by atoms with E-state index in [1.165, 1.54) is 11.1 Å². The van der Waals surface area contributed by atoms with Crippen molar-refractivity contribution in [2.24, 2.45) is 10.2 Å². The van der Waals surface area contributed by atoms with E-state index in [0.29, 0.717) is 5.78 Å². The van der Waals surface area contributed by atoms with Crippen molar-refractivity contribution in [2.45, 2.75) is 54.0 Å². The Balaban J connectivity index is 1.63. The molecule has 1 aliphatic heterocycles. The van der Waals surface area contributed by atoms with E-state index in [1.54, 1.807) is 0 Å². The zero-order chi connectivity index (χ0) is 16.8. The Kier molecular flexibility index (Phi) is 2.28. The van der Waals surface area contributed by atoms with Crippen LogP contribution >= 0.6 is 0 Å². The number of rotatable bonds is 2. The molecule has 0 aromatic heterocycles. The Morgan fingerprint density at radius 3 is 1.40 bits per heavy atom. The van der Waals surface area contributed by atoms with Crippen molar-refractivity contribution in [3.05, 3.63) is 71.8 Å². The maximum Gasteiger partial charge on any atom is 0.154 e. The molecule has 124 valence electrons. The average molecular weight is 328 g/mol. The monoisotopic (exact) mass is 328 g/mol. The molecule has 4 saturated carbocycles. The Labute approximate surface area is 147 Å². The summed E-state index contributed by atoms with van der Waals surface area (Å²) in [5.74, 6) is 0.413. The minimum atomic E-state index is -0.421. The van der Waals surface area contributed by atoms with E-state index < -0.39 is 10.8 Å². The summed E-state index contributed by atoms with van der Waals surface area (Å²) in [6.45, 7) is 0. The van der Waals surface area contributed by atoms with Gasteiger partial charge in [-0.15, -0.1) is 0 Å². The van der Waals surface area contributed by atoms with Crippen LogP contribution < -0.4 is 0 Å². The molecular formula is C22H20N2O. The van der Waals surface area contributed by atoms with E-state index in [9.17, 15) is 4.79 Å². The Hall–Kier alpha value is -2.29. The molecule has 2 aromatic carbocycles. The SMILES string of the molecule is O=C1C2(c3ccccc3)CC34CC(C2)(CC1(c1ccccc1)C3)N=N4. The normalized spacial score (nSPS) is 43.0. The minimum Gasteiger partial charge on any atom is -0.298 e. The summed E-state index contributed by atoms with van der Waals surface area (Å²) in [5.41, 5.74) is 1.21. The molecule has 4 bridgehead atoms. The third-order valence-electron chi connectivity index (χ3n) is 7.18. The maximum absolute atomic E-state index is 14.0. The second-order valence-electron chi connectivity index (χ2n) is 8.76. The van der Waals surface area contributed by atoms with Gasteiger partial charge in [0.2, 0.25) is 0 Å². The van der Waals surface area contributed by atoms with Gasteiger partial charge in [-0.25, -0.2) is 0 Å². The average Bonchev–Trinajstić information content (AvgIpc) is 2.85. The highest BCUT2D eigenvalue weighted by Crippen LogP contribution is 2.71. The minimum absolute atomic E-state index is 0.143. The van der Waals surface area contributed by atoms with Gasteiger partial charge in [0.15, 0.2) is 5.78 Å². The van der Waals surface area contributed by atoms with Crippen LogP contribution in [0.25, 0.3) is 0 Å². The summed E-state index contributed by atoms with van der Waals surface area (Å²) in [6.07, 6.45) is 4.38. The van der Waals surface area contributed by atoms with Crippen molar-refractivity contribution in [3.63, 3.8) is 0 Å². The van der Waals surface area contributed by atoms with Crippen LogP contribution in [0.1, 0.15) is 43.2 Å². The van der Waals surface area contributed by atoms with Crippen molar-refractivity contribution in [2.75, 3.05) is 0 Å². The molecule has 0 atom stereocenters. The predicted molar refractivity (Wildman–Crippen MR) is 94.7 cm³/mol. The van der Waals surface area contributed by atoms with Gasteiger partial charge in [-0.1, -0.05) is 60.7 Å². The van der Waals surface area contributed by atoms with E-state index in [2.05, 4.69) is 48.5 Å². The van der Waals surface area contributed by atoms with Crippen molar-refractivity contribution in [3.8, 4) is 0 Å². The summed E-state index contributed by atoms with van der Waals surface area (Å²) in [7, 11) is 0. The summed E-state index contributed by atoms with van der Waals surface area (Å²) in [5, 5.41) is 9.62. The lowest BCUT2D eigenvalue weighted by molar-refractivity contribution is -0.148. The fourth-order valence-corrected chi connectivity index (χ4v) is 6.75. The number of carbonyl (C=O) groups is 1. The van der Waals surface area contributed by atoms with Gasteiger partial charge in [-0.05, 0) is 36.8 Å². The number of carbonyl (C=O) groups excluding carboxylic acids is 1. The summed E-state index contributed by atoms with van der Waals surface area (Å²) >= 11 is 0. The smallest absolute Gasteiger partial charge is 0.154 e. The third-order valence-corrected chi connectivity index (χ3v) is 7.18. The molecule has 2 spiro atoms. The van der Waals surface area contributed by atoms with Crippen LogP contribution in [-0.2, 0) is 15.6 Å². The molecule has 5 aliphatic rings. The van der Waals surface area contributed by atoms with Crippen LogP contribution in [0.3, 0.4) is 0 Å². The number of hydrogen-bond donors (Lipinski definition) is 0. The molecule has 4 aliphatic carbocycles. The van der Waals surface area contributed by atoms with Gasteiger partial charge < -0.3 is 0 Å². The second-order valence-corrected chi connectivity index (χ2v) is 8.76. The molecule has 0 amide bonds. The Bertz CT molecular complexity index is 830. The first-order valence-corrected chi connectivity index (χ1v) is 9.21. The van der Waals surface area contributed by atoms with E-state index in [1.807, 2.05) is 12.1 Å². The fraction of sp³-hybridized carbons (Fsp3) is 0.409. The van der Waals surface area contributed by atoms with E-state index in [4.69, 9.17) is 10.2 Å². The van der Waals surface area contributed by atoms with E-state index in [-0.39, 0.29) is 11.1 Å². The number of hydrogen-bond acceptors (Lipinski definition) is 3. The van der Waals surface area contributed by atoms with Gasteiger partial charge in [0.25, 0.3) is 0 Å². The van der Waals surface area contributed by atoms with Gasteiger partial charge in [-0.2, -0.15) is 10.2 Å². The highest BCUT2D eigenvalue weighted by molar-refractivity contribution is 6.02. The standard InChI is InChI=1S/C22H20N2O/c25-18-21(16-7-3-1-4-8-16)12-19-11-20(13-21,24-23-19)15-22(18,14-19)17-9-5-2-6-10-17/h1-10H,11-15H2. The first kappa shape index (κ1) is 13.9. The van der Waals surface area contributed by atoms with Gasteiger partial charge in [0.05, 0.1) is 21.9 Å². The summed E-state index contributed by atoms with van der Waals surface area (Å²) in [4.78, 5) is 14.0. The van der Waals surface area contributed by atoms with Crippen molar-refractivity contribution < 1.29 is 4.79 Å². The largest absolute Gasteiger partial charge is 0.298 e. The van der Waals surface area contributed by atoms with Crippen LogP contribution in [-0.4, -0.2) is 16.9 Å². The highest BCUT2D eigenvalue weighted by atomic mass is 16.1. The van der Waals surface area contributed by atoms with Crippen LogP contribution in [0.15, 0.2) is 70.9 Å². The van der Waals surface area contributed by atoms with Gasteiger partial charge >= 0.3 is 0 Å². The Morgan fingerprint density at radius 1 is 0.600 bits per heavy atom. The van der Waals surface area contributed by atoms with E-state index >= 15 is 0 Å². The maximum atomic E-state index is 14.0. The van der Waals surface area contributed by atoms with Gasteiger partial charge in [-0.3, -0.25) is 4.79 Å². The molecule has 3 heteroatoms. The first-order valence-electron chi connectivity index (χ1n) is 9.21. The van der Waals surface area contributed by atoms with Crippen molar-refractivity contribution in [1.82, 2.24) is 0 Å². The fourth-order valence-electron chi connectivity index (χ4n) is 6.75. The zero-order valence-corrected chi connectivity index (χ0v) is 14.1. The molecule has 0 radical (unpaired) electrons. The second kappa shape index (κ2) is 4.09. The van der Waals surface area contributed by atoms with Gasteiger partial charge in [0, 0.05) is 6.42 Å². The summed E-state index contributed by atoms with van der Waals surface area (Å²) < 4.78 is 0. The van der Waals surface area contributed by atoms with Crippen molar-refractivity contribution >= 4 is 5.78 Å². The molecular weight excluding hydrogens is 308 g/mol. The first-order chi connectivity index (χ1) is 12.1. The number of ketones is 1. The number of nitrogens with zero attached hydrogens (tertiary/aromatic N) is 2. The lowest BCUT2D eigenvalue weighted by Gasteiger charge is -2.63. The van der Waals surface area contributed by atoms with E-state index in [0.717, 1.165) is 32.1 Å². The number of benzene rings is 2. The number of Topliss-reactive ketones (excluding diaryl/α,β-unsaturated/α-hetero) is 1. The van der Waals surface area contributed by atoms with Crippen LogP contribution in [0.5, 0.6) is 0 Å². The molecule has 1 heterocycles. The summed E-state index contributed by atoms with van der Waals surface area (Å²) in [6, 6.07) is 20.8. The zero-order valence-electron chi connectivity index (χ0n) is 14.1.